The third kappa shape index (κ3) is 6.86. The summed E-state index contributed by atoms with van der Waals surface area (Å²) < 4.78 is 11.4. The topological polar surface area (TPSA) is 65.5 Å². The minimum absolute atomic E-state index is 0.153. The maximum atomic E-state index is 11.6. The first kappa shape index (κ1) is 22.8. The highest BCUT2D eigenvalue weighted by atomic mass is 16.5. The Labute approximate surface area is 180 Å². The number of likely N-dealkylation sites (tertiary alicyclic amines) is 1. The first-order valence-corrected chi connectivity index (χ1v) is 11.2. The molecule has 0 radical (unpaired) electrons. The monoisotopic (exact) mass is 419 g/mol. The van der Waals surface area contributed by atoms with Crippen LogP contribution in [0.2, 0.25) is 0 Å². The molecule has 0 saturated carbocycles. The molecule has 7 nitrogen and oxygen atoms in total. The number of carbonyl (C=O) groups excluding carboxylic acids is 1. The van der Waals surface area contributed by atoms with E-state index in [4.69, 9.17) is 9.47 Å². The molecule has 2 saturated heterocycles. The highest BCUT2D eigenvalue weighted by Crippen LogP contribution is 2.29. The first-order chi connectivity index (χ1) is 14.5. The zero-order valence-corrected chi connectivity index (χ0v) is 18.5. The molecule has 0 spiro atoms. The average Bonchev–Trinajstić information content (AvgIpc) is 2.99. The van der Waals surface area contributed by atoms with Crippen LogP contribution in [0, 0.1) is 0 Å². The molecule has 168 valence electrons. The molecule has 0 aromatic heterocycles. The van der Waals surface area contributed by atoms with Crippen LogP contribution in [0.1, 0.15) is 38.2 Å². The number of piperidine rings is 1. The summed E-state index contributed by atoms with van der Waals surface area (Å²) in [6.07, 6.45) is 4.19. The van der Waals surface area contributed by atoms with E-state index in [1.807, 2.05) is 17.0 Å². The van der Waals surface area contributed by atoms with Crippen molar-refractivity contribution in [2.75, 3.05) is 59.5 Å². The molecular formula is C23H37N3O4. The largest absolute Gasteiger partial charge is 0.493 e. The summed E-state index contributed by atoms with van der Waals surface area (Å²) in [7, 11) is 1.64. The summed E-state index contributed by atoms with van der Waals surface area (Å²) in [4.78, 5) is 18.2. The molecule has 1 aromatic rings. The van der Waals surface area contributed by atoms with E-state index in [9.17, 15) is 9.90 Å². The van der Waals surface area contributed by atoms with E-state index in [-0.39, 0.29) is 12.5 Å². The van der Waals surface area contributed by atoms with E-state index in [2.05, 4.69) is 15.9 Å². The molecular weight excluding hydrogens is 382 g/mol. The quantitative estimate of drug-likeness (QED) is 0.695. The molecule has 1 aromatic carbocycles. The summed E-state index contributed by atoms with van der Waals surface area (Å²) in [5.74, 6) is 1.51. The van der Waals surface area contributed by atoms with Gasteiger partial charge >= 0.3 is 0 Å². The van der Waals surface area contributed by atoms with Gasteiger partial charge in [-0.15, -0.1) is 0 Å². The second-order valence-electron chi connectivity index (χ2n) is 8.45. The van der Waals surface area contributed by atoms with Crippen molar-refractivity contribution in [1.29, 1.82) is 0 Å². The Morgan fingerprint density at radius 1 is 1.00 bits per heavy atom. The van der Waals surface area contributed by atoms with Gasteiger partial charge in [-0.05, 0) is 50.0 Å². The predicted octanol–water partition coefficient (Wildman–Crippen LogP) is 1.97. The second-order valence-corrected chi connectivity index (χ2v) is 8.45. The molecule has 1 atom stereocenters. The Kier molecular flexibility index (Phi) is 8.78. The standard InChI is InChI=1S/C23H37N3O4/c1-19(27)26-12-6-11-25(13-14-26)16-20-7-8-22(29-2)23(15-20)30-18-21(28)17-24-9-4-3-5-10-24/h7-8,15,21,28H,3-6,9-14,16-18H2,1-2H3/t21-/m0/s1. The van der Waals surface area contributed by atoms with Crippen LogP contribution in [0.3, 0.4) is 0 Å². The molecule has 2 aliphatic heterocycles. The number of benzene rings is 1. The average molecular weight is 420 g/mol. The smallest absolute Gasteiger partial charge is 0.219 e. The number of β-amino-alcohol motifs (C(OH)–C–C–N with tert-alkyl or cyclic N) is 1. The number of hydrogen-bond acceptors (Lipinski definition) is 6. The Morgan fingerprint density at radius 2 is 1.77 bits per heavy atom. The van der Waals surface area contributed by atoms with Gasteiger partial charge in [0.25, 0.3) is 0 Å². The lowest BCUT2D eigenvalue weighted by Crippen LogP contribution is -2.38. The van der Waals surface area contributed by atoms with Crippen molar-refractivity contribution in [3.05, 3.63) is 23.8 Å². The van der Waals surface area contributed by atoms with Crippen molar-refractivity contribution in [2.24, 2.45) is 0 Å². The zero-order chi connectivity index (χ0) is 21.3. The maximum absolute atomic E-state index is 11.6. The Hall–Kier alpha value is -1.83. The van der Waals surface area contributed by atoms with Gasteiger partial charge in [0.05, 0.1) is 7.11 Å². The summed E-state index contributed by atoms with van der Waals surface area (Å²) in [5.41, 5.74) is 1.15. The molecule has 3 rings (SSSR count). The second kappa shape index (κ2) is 11.5. The SMILES string of the molecule is COc1ccc(CN2CCCN(C(C)=O)CC2)cc1OC[C@@H](O)CN1CCCCC1. The number of amides is 1. The molecule has 1 N–H and O–H groups in total. The molecule has 7 heteroatoms. The van der Waals surface area contributed by atoms with Gasteiger partial charge in [0, 0.05) is 46.2 Å². The number of aliphatic hydroxyl groups excluding tert-OH is 1. The fourth-order valence-electron chi connectivity index (χ4n) is 4.31. The van der Waals surface area contributed by atoms with Crippen molar-refractivity contribution in [3.8, 4) is 11.5 Å². The van der Waals surface area contributed by atoms with Crippen LogP contribution < -0.4 is 9.47 Å². The van der Waals surface area contributed by atoms with Crippen LogP contribution in [0.4, 0.5) is 0 Å². The minimum Gasteiger partial charge on any atom is -0.493 e. The van der Waals surface area contributed by atoms with Crippen molar-refractivity contribution < 1.29 is 19.4 Å². The highest BCUT2D eigenvalue weighted by Gasteiger charge is 2.18. The Morgan fingerprint density at radius 3 is 2.50 bits per heavy atom. The minimum atomic E-state index is -0.514. The summed E-state index contributed by atoms with van der Waals surface area (Å²) in [5, 5.41) is 10.4. The van der Waals surface area contributed by atoms with Crippen LogP contribution in [-0.2, 0) is 11.3 Å². The number of nitrogens with zero attached hydrogens (tertiary/aromatic N) is 3. The molecule has 0 bridgehead atoms. The van der Waals surface area contributed by atoms with E-state index in [0.717, 1.165) is 57.8 Å². The van der Waals surface area contributed by atoms with E-state index < -0.39 is 6.10 Å². The predicted molar refractivity (Wildman–Crippen MR) is 117 cm³/mol. The van der Waals surface area contributed by atoms with Gasteiger partial charge < -0.3 is 24.4 Å². The molecule has 2 heterocycles. The van der Waals surface area contributed by atoms with Gasteiger partial charge in [-0.3, -0.25) is 9.69 Å². The van der Waals surface area contributed by atoms with E-state index in [1.165, 1.54) is 19.3 Å². The van der Waals surface area contributed by atoms with Crippen molar-refractivity contribution >= 4 is 5.91 Å². The lowest BCUT2D eigenvalue weighted by atomic mass is 10.1. The van der Waals surface area contributed by atoms with Gasteiger partial charge in [0.1, 0.15) is 12.7 Å². The number of carbonyl (C=O) groups is 1. The fourth-order valence-corrected chi connectivity index (χ4v) is 4.31. The van der Waals surface area contributed by atoms with Crippen LogP contribution in [0.15, 0.2) is 18.2 Å². The van der Waals surface area contributed by atoms with Crippen molar-refractivity contribution in [3.63, 3.8) is 0 Å². The molecule has 1 amide bonds. The van der Waals surface area contributed by atoms with E-state index in [1.54, 1.807) is 14.0 Å². The first-order valence-electron chi connectivity index (χ1n) is 11.2. The van der Waals surface area contributed by atoms with E-state index in [0.29, 0.717) is 18.0 Å². The van der Waals surface area contributed by atoms with Crippen LogP contribution in [0.25, 0.3) is 0 Å². The van der Waals surface area contributed by atoms with Crippen LogP contribution >= 0.6 is 0 Å². The van der Waals surface area contributed by atoms with Gasteiger partial charge in [-0.1, -0.05) is 12.5 Å². The number of ether oxygens (including phenoxy) is 2. The molecule has 2 aliphatic rings. The number of aliphatic hydroxyl groups is 1. The Balaban J connectivity index is 1.54. The number of rotatable bonds is 8. The van der Waals surface area contributed by atoms with Crippen molar-refractivity contribution in [1.82, 2.24) is 14.7 Å². The van der Waals surface area contributed by atoms with Crippen LogP contribution in [-0.4, -0.2) is 91.3 Å². The zero-order valence-electron chi connectivity index (χ0n) is 18.5. The maximum Gasteiger partial charge on any atom is 0.219 e. The summed E-state index contributed by atoms with van der Waals surface area (Å²) >= 11 is 0. The highest BCUT2D eigenvalue weighted by molar-refractivity contribution is 5.73. The molecule has 0 aliphatic carbocycles. The third-order valence-corrected chi connectivity index (χ3v) is 6.02. The number of methoxy groups -OCH3 is 1. The van der Waals surface area contributed by atoms with Gasteiger partial charge in [0.2, 0.25) is 5.91 Å². The van der Waals surface area contributed by atoms with Crippen LogP contribution in [0.5, 0.6) is 11.5 Å². The third-order valence-electron chi connectivity index (χ3n) is 6.02. The Bertz CT molecular complexity index is 678. The lowest BCUT2D eigenvalue weighted by molar-refractivity contribution is -0.128. The van der Waals surface area contributed by atoms with Gasteiger partial charge in [-0.25, -0.2) is 0 Å². The van der Waals surface area contributed by atoms with Gasteiger partial charge in [0.15, 0.2) is 11.5 Å². The van der Waals surface area contributed by atoms with Crippen molar-refractivity contribution in [2.45, 2.75) is 45.3 Å². The normalized spacial score (nSPS) is 19.9. The molecule has 2 fully saturated rings. The summed E-state index contributed by atoms with van der Waals surface area (Å²) in [6, 6.07) is 6.00. The van der Waals surface area contributed by atoms with Gasteiger partial charge in [-0.2, -0.15) is 0 Å². The molecule has 0 unspecified atom stereocenters. The molecule has 30 heavy (non-hydrogen) atoms. The number of hydrogen-bond donors (Lipinski definition) is 1. The fraction of sp³-hybridized carbons (Fsp3) is 0.696. The lowest BCUT2D eigenvalue weighted by Gasteiger charge is -2.28. The summed E-state index contributed by atoms with van der Waals surface area (Å²) in [6.45, 7) is 8.94. The van der Waals surface area contributed by atoms with E-state index >= 15 is 0 Å².